The minimum absolute atomic E-state index is 0.0975. The lowest BCUT2D eigenvalue weighted by molar-refractivity contribution is -0.137. The Morgan fingerprint density at radius 2 is 1.94 bits per heavy atom. The van der Waals surface area contributed by atoms with Crippen LogP contribution in [0, 0.1) is 0 Å². The Labute approximate surface area is 181 Å². The smallest absolute Gasteiger partial charge is 0.416 e. The first-order valence-electron chi connectivity index (χ1n) is 9.26. The van der Waals surface area contributed by atoms with Gasteiger partial charge in [0.1, 0.15) is 0 Å². The third kappa shape index (κ3) is 5.07. The van der Waals surface area contributed by atoms with Crippen molar-refractivity contribution in [3.05, 3.63) is 47.5 Å². The second kappa shape index (κ2) is 9.09. The first-order chi connectivity index (χ1) is 14.6. The van der Waals surface area contributed by atoms with Crippen LogP contribution in [0.2, 0.25) is 0 Å². The number of thioether (sulfide) groups is 1. The number of nitrogens with one attached hydrogen (secondary N) is 1. The number of para-hydroxylation sites is 1. The molecule has 3 rings (SSSR count). The van der Waals surface area contributed by atoms with E-state index in [9.17, 15) is 22.8 Å². The molecule has 1 aliphatic heterocycles. The molecule has 2 amide bonds. The van der Waals surface area contributed by atoms with Crippen LogP contribution in [0.15, 0.2) is 41.3 Å². The summed E-state index contributed by atoms with van der Waals surface area (Å²) in [5.74, 6) is 0.271. The number of amides is 2. The monoisotopic (exact) mass is 454 g/mol. The summed E-state index contributed by atoms with van der Waals surface area (Å²) in [6.07, 6.45) is -4.60. The van der Waals surface area contributed by atoms with E-state index < -0.39 is 22.9 Å². The minimum Gasteiger partial charge on any atom is -0.493 e. The van der Waals surface area contributed by atoms with Crippen molar-refractivity contribution in [3.63, 3.8) is 0 Å². The Morgan fingerprint density at radius 1 is 1.19 bits per heavy atom. The fourth-order valence-corrected chi connectivity index (χ4v) is 4.28. The zero-order chi connectivity index (χ0) is 22.8. The molecule has 0 aromatic heterocycles. The number of benzene rings is 2. The van der Waals surface area contributed by atoms with E-state index in [1.54, 1.807) is 19.2 Å². The predicted molar refractivity (Wildman–Crippen MR) is 110 cm³/mol. The number of hydrogen-bond donors (Lipinski definition) is 1. The van der Waals surface area contributed by atoms with Crippen molar-refractivity contribution in [2.24, 2.45) is 0 Å². The molecule has 1 heterocycles. The molecule has 6 nitrogen and oxygen atoms in total. The minimum atomic E-state index is -4.50. The lowest BCUT2D eigenvalue weighted by atomic mass is 10.1. The number of halogens is 3. The van der Waals surface area contributed by atoms with Crippen molar-refractivity contribution < 1.29 is 32.2 Å². The Kier molecular flexibility index (Phi) is 6.68. The topological polar surface area (TPSA) is 67.9 Å². The van der Waals surface area contributed by atoms with Crippen molar-refractivity contribution in [2.45, 2.75) is 29.3 Å². The van der Waals surface area contributed by atoms with Gasteiger partial charge in [-0.05, 0) is 24.3 Å². The Bertz CT molecular complexity index is 997. The van der Waals surface area contributed by atoms with Crippen molar-refractivity contribution in [1.82, 2.24) is 4.90 Å². The quantitative estimate of drug-likeness (QED) is 0.709. The molecule has 0 aliphatic carbocycles. The summed E-state index contributed by atoms with van der Waals surface area (Å²) in [6.45, 7) is 0.240. The number of carbonyl (C=O) groups is 2. The first kappa shape index (κ1) is 22.8. The maximum absolute atomic E-state index is 12.9. The van der Waals surface area contributed by atoms with Gasteiger partial charge in [0.2, 0.25) is 11.8 Å². The second-order valence-electron chi connectivity index (χ2n) is 6.91. The number of anilines is 1. The summed E-state index contributed by atoms with van der Waals surface area (Å²) in [6, 6.07) is 8.51. The SMILES string of the molecule is COc1cccc(CN(C)C(=O)CC2Sc3ccc(C(F)(F)F)cc3NC2=O)c1OC. The normalized spacial score (nSPS) is 15.7. The van der Waals surface area contributed by atoms with Gasteiger partial charge in [0.05, 0.1) is 30.7 Å². The molecule has 2 aromatic carbocycles. The molecule has 1 unspecified atom stereocenters. The molecular formula is C21H21F3N2O4S. The Morgan fingerprint density at radius 3 is 2.58 bits per heavy atom. The van der Waals surface area contributed by atoms with Gasteiger partial charge in [-0.2, -0.15) is 13.2 Å². The molecule has 1 N–H and O–H groups in total. The van der Waals surface area contributed by atoms with E-state index in [1.807, 2.05) is 6.07 Å². The number of nitrogens with zero attached hydrogens (tertiary/aromatic N) is 1. The van der Waals surface area contributed by atoms with Crippen LogP contribution in [-0.2, 0) is 22.3 Å². The van der Waals surface area contributed by atoms with E-state index in [4.69, 9.17) is 9.47 Å². The molecule has 0 saturated heterocycles. The third-order valence-electron chi connectivity index (χ3n) is 4.80. The Hall–Kier alpha value is -2.88. The van der Waals surface area contributed by atoms with Crippen molar-refractivity contribution in [2.75, 3.05) is 26.6 Å². The summed E-state index contributed by atoms with van der Waals surface area (Å²) in [5.41, 5.74) is 0.000108. The third-order valence-corrected chi connectivity index (χ3v) is 6.08. The van der Waals surface area contributed by atoms with Crippen molar-refractivity contribution in [3.8, 4) is 11.5 Å². The standard InChI is InChI=1S/C21H21F3N2O4S/c1-26(11-12-5-4-6-15(29-2)19(12)30-3)18(27)10-17-20(28)25-14-9-13(21(22,23)24)7-8-16(14)31-17/h4-9,17H,10-11H2,1-3H3,(H,25,28). The van der Waals surface area contributed by atoms with E-state index >= 15 is 0 Å². The number of methoxy groups -OCH3 is 2. The molecular weight excluding hydrogens is 433 g/mol. The zero-order valence-corrected chi connectivity index (χ0v) is 17.9. The second-order valence-corrected chi connectivity index (χ2v) is 8.16. The highest BCUT2D eigenvalue weighted by Gasteiger charge is 2.34. The highest BCUT2D eigenvalue weighted by molar-refractivity contribution is 8.01. The van der Waals surface area contributed by atoms with Crippen molar-refractivity contribution >= 4 is 29.3 Å². The summed E-state index contributed by atoms with van der Waals surface area (Å²) in [7, 11) is 4.63. The molecule has 0 saturated carbocycles. The van der Waals surface area contributed by atoms with E-state index in [2.05, 4.69) is 5.32 Å². The van der Waals surface area contributed by atoms with Gasteiger partial charge in [-0.15, -0.1) is 11.8 Å². The van der Waals surface area contributed by atoms with Crippen molar-refractivity contribution in [1.29, 1.82) is 0 Å². The summed E-state index contributed by atoms with van der Waals surface area (Å²) in [4.78, 5) is 27.1. The van der Waals surface area contributed by atoms with E-state index in [0.29, 0.717) is 16.4 Å². The summed E-state index contributed by atoms with van der Waals surface area (Å²) >= 11 is 1.08. The first-order valence-corrected chi connectivity index (χ1v) is 10.1. The van der Waals surface area contributed by atoms with Gasteiger partial charge in [0, 0.05) is 30.5 Å². The fraction of sp³-hybridized carbons (Fsp3) is 0.333. The molecule has 0 fully saturated rings. The molecule has 1 aliphatic rings. The van der Waals surface area contributed by atoms with Gasteiger partial charge in [-0.1, -0.05) is 12.1 Å². The molecule has 0 spiro atoms. The molecule has 0 radical (unpaired) electrons. The van der Waals surface area contributed by atoms with Gasteiger partial charge in [-0.3, -0.25) is 9.59 Å². The van der Waals surface area contributed by atoms with Crippen LogP contribution >= 0.6 is 11.8 Å². The van der Waals surface area contributed by atoms with Gasteiger partial charge in [0.15, 0.2) is 11.5 Å². The zero-order valence-electron chi connectivity index (χ0n) is 17.1. The summed E-state index contributed by atoms with van der Waals surface area (Å²) in [5, 5.41) is 1.74. The van der Waals surface area contributed by atoms with Crippen LogP contribution in [0.5, 0.6) is 11.5 Å². The van der Waals surface area contributed by atoms with Gasteiger partial charge >= 0.3 is 6.18 Å². The number of hydrogen-bond acceptors (Lipinski definition) is 5. The highest BCUT2D eigenvalue weighted by atomic mass is 32.2. The average molecular weight is 454 g/mol. The van der Waals surface area contributed by atoms with Gasteiger partial charge in [0.25, 0.3) is 0 Å². The van der Waals surface area contributed by atoms with E-state index in [1.165, 1.54) is 25.2 Å². The lowest BCUT2D eigenvalue weighted by Crippen LogP contribution is -2.35. The number of carbonyl (C=O) groups excluding carboxylic acids is 2. The van der Waals surface area contributed by atoms with Crippen LogP contribution in [0.1, 0.15) is 17.5 Å². The van der Waals surface area contributed by atoms with Gasteiger partial charge in [-0.25, -0.2) is 0 Å². The number of alkyl halides is 3. The van der Waals surface area contributed by atoms with Crippen LogP contribution in [0.3, 0.4) is 0 Å². The van der Waals surface area contributed by atoms with Crippen LogP contribution in [0.4, 0.5) is 18.9 Å². The predicted octanol–water partition coefficient (Wildman–Crippen LogP) is 4.18. The maximum Gasteiger partial charge on any atom is 0.416 e. The largest absolute Gasteiger partial charge is 0.493 e. The Balaban J connectivity index is 1.69. The molecule has 2 aromatic rings. The van der Waals surface area contributed by atoms with E-state index in [-0.39, 0.29) is 24.6 Å². The van der Waals surface area contributed by atoms with E-state index in [0.717, 1.165) is 29.5 Å². The average Bonchev–Trinajstić information content (AvgIpc) is 2.72. The molecule has 1 atom stereocenters. The molecule has 0 bridgehead atoms. The van der Waals surface area contributed by atoms with Crippen LogP contribution in [0.25, 0.3) is 0 Å². The number of ether oxygens (including phenoxy) is 2. The number of rotatable bonds is 6. The number of fused-ring (bicyclic) bond motifs is 1. The van der Waals surface area contributed by atoms with Crippen LogP contribution < -0.4 is 14.8 Å². The summed E-state index contributed by atoms with van der Waals surface area (Å²) < 4.78 is 49.3. The van der Waals surface area contributed by atoms with Gasteiger partial charge < -0.3 is 19.7 Å². The highest BCUT2D eigenvalue weighted by Crippen LogP contribution is 2.41. The van der Waals surface area contributed by atoms with Crippen LogP contribution in [-0.4, -0.2) is 43.2 Å². The molecule has 166 valence electrons. The fourth-order valence-electron chi connectivity index (χ4n) is 3.20. The lowest BCUT2D eigenvalue weighted by Gasteiger charge is -2.26. The maximum atomic E-state index is 12.9. The molecule has 10 heteroatoms. The molecule has 31 heavy (non-hydrogen) atoms.